The van der Waals surface area contributed by atoms with E-state index in [9.17, 15) is 78.2 Å². The number of nitrogens with zero attached hydrogens (tertiary/aromatic N) is 10. The van der Waals surface area contributed by atoms with Crippen molar-refractivity contribution < 1.29 is 105 Å². The molecule has 4 saturated heterocycles. The highest BCUT2D eigenvalue weighted by Crippen LogP contribution is 2.54. The summed E-state index contributed by atoms with van der Waals surface area (Å²) in [6.45, 7) is -4.45. The number of hydrogen-bond donors (Lipinski definition) is 15. The van der Waals surface area contributed by atoms with Crippen molar-refractivity contribution in [2.75, 3.05) is 49.4 Å². The lowest BCUT2D eigenvalue weighted by molar-refractivity contribution is -0.0639. The first kappa shape index (κ1) is 59.7. The van der Waals surface area contributed by atoms with Crippen molar-refractivity contribution in [1.82, 2.24) is 58.1 Å². The summed E-state index contributed by atoms with van der Waals surface area (Å²) in [5, 5.41) is 66.2. The van der Waals surface area contributed by atoms with Crippen molar-refractivity contribution in [1.29, 1.82) is 0 Å². The predicted octanol–water partition coefficient (Wildman–Crippen LogP) is -7.01. The Kier molecular flexibility index (Phi) is 16.5. The van der Waals surface area contributed by atoms with Crippen molar-refractivity contribution in [2.45, 2.75) is 98.2 Å². The van der Waals surface area contributed by atoms with Gasteiger partial charge in [0.15, 0.2) is 36.2 Å². The second-order valence-electron chi connectivity index (χ2n) is 18.5. The number of phosphoric acid groups is 3. The minimum atomic E-state index is -5.74. The minimum Gasteiger partial charge on any atom is -0.394 e. The maximum atomic E-state index is 14.0. The summed E-state index contributed by atoms with van der Waals surface area (Å²) in [6.07, 6.45) is -25.8. The molecule has 42 nitrogen and oxygen atoms in total. The number of rotatable bonds is 20. The number of imidazole rings is 2. The van der Waals surface area contributed by atoms with E-state index in [1.807, 2.05) is 0 Å². The van der Waals surface area contributed by atoms with Crippen LogP contribution in [0.1, 0.15) is 24.9 Å². The molecular weight excluding hydrogens is 1190 g/mol. The van der Waals surface area contributed by atoms with Crippen molar-refractivity contribution in [2.24, 2.45) is 0 Å². The summed E-state index contributed by atoms with van der Waals surface area (Å²) in [4.78, 5) is 109. The van der Waals surface area contributed by atoms with E-state index in [1.54, 1.807) is 0 Å². The van der Waals surface area contributed by atoms with Gasteiger partial charge in [0.2, 0.25) is 11.9 Å². The fraction of sp³-hybridized carbons (Fsp3) is 0.526. The largest absolute Gasteiger partial charge is 0.472 e. The van der Waals surface area contributed by atoms with E-state index >= 15 is 0 Å². The number of anilines is 4. The third-order valence-electron chi connectivity index (χ3n) is 13.2. The van der Waals surface area contributed by atoms with E-state index < -0.39 is 182 Å². The molecule has 0 aromatic carbocycles. The van der Waals surface area contributed by atoms with Gasteiger partial charge in [-0.3, -0.25) is 65.0 Å². The average molecular weight is 1240 g/mol. The van der Waals surface area contributed by atoms with Crippen LogP contribution in [0.15, 0.2) is 56.4 Å². The fourth-order valence-corrected chi connectivity index (χ4v) is 12.3. The van der Waals surface area contributed by atoms with E-state index in [2.05, 4.69) is 39.9 Å². The molecule has 4 aliphatic rings. The molecule has 4 aliphatic heterocycles. The number of aromatic nitrogens is 12. The quantitative estimate of drug-likeness (QED) is 0.0316. The number of H-pyrrole nitrogens is 2. The fourth-order valence-electron chi connectivity index (χ4n) is 9.37. The summed E-state index contributed by atoms with van der Waals surface area (Å²) in [5.41, 5.74) is 19.2. The van der Waals surface area contributed by atoms with E-state index in [4.69, 9.17) is 69.0 Å². The SMILES string of the molecule is Nc1[nH]c(=O)nc2c1ncn2[C@@H]1O[C@H](CO)[C@@H](OP(=O)(O)OC[C@H]2O[C@@H](n3cnc4c(N)[nH]c(=O)nc43)[C@H](O)[C@@H]2OP(=O)(O)OC[C@H]2O[C@@H](n3ccc(=O)nc3N)[C@H](O)[C@@H]2OP(=O)(O)OC[C@H]2O[C@@H](n3ccc(=O)nc3N)[C@H](O)[C@@H]2O)[C@H]1O. The van der Waals surface area contributed by atoms with Crippen molar-refractivity contribution in [3.05, 3.63) is 78.9 Å². The predicted molar refractivity (Wildman–Crippen MR) is 266 cm³/mol. The number of nitrogen functional groups attached to an aromatic ring is 4. The zero-order valence-electron chi connectivity index (χ0n) is 41.6. The van der Waals surface area contributed by atoms with Gasteiger partial charge in [0.1, 0.15) is 95.9 Å². The van der Waals surface area contributed by atoms with Crippen LogP contribution in [-0.4, -0.2) is 203 Å². The summed E-state index contributed by atoms with van der Waals surface area (Å²) in [6, 6.07) is 1.85. The van der Waals surface area contributed by atoms with Crippen LogP contribution in [0.4, 0.5) is 23.5 Å². The molecule has 10 rings (SSSR count). The number of phosphoric ester groups is 3. The highest BCUT2D eigenvalue weighted by atomic mass is 31.2. The number of nitrogens with one attached hydrogen (secondary N) is 2. The van der Waals surface area contributed by atoms with Gasteiger partial charge in [0.25, 0.3) is 11.1 Å². The molecular formula is C38H49N16O26P3. The van der Waals surface area contributed by atoms with E-state index in [-0.39, 0.29) is 34.0 Å². The Morgan fingerprint density at radius 1 is 0.506 bits per heavy atom. The Morgan fingerprint density at radius 3 is 1.25 bits per heavy atom. The summed E-state index contributed by atoms with van der Waals surface area (Å²) in [5.74, 6) is -1.51. The maximum absolute atomic E-state index is 14.0. The molecule has 0 spiro atoms. The van der Waals surface area contributed by atoms with E-state index in [0.717, 1.165) is 55.4 Å². The lowest BCUT2D eigenvalue weighted by Crippen LogP contribution is -2.38. The van der Waals surface area contributed by atoms with E-state index in [1.165, 1.54) is 0 Å². The van der Waals surface area contributed by atoms with Gasteiger partial charge in [-0.2, -0.15) is 19.9 Å². The lowest BCUT2D eigenvalue weighted by atomic mass is 10.1. The van der Waals surface area contributed by atoms with Gasteiger partial charge in [0.05, 0.1) is 39.1 Å². The zero-order valence-corrected chi connectivity index (χ0v) is 44.3. The Morgan fingerprint density at radius 2 is 0.855 bits per heavy atom. The molecule has 0 saturated carbocycles. The third-order valence-corrected chi connectivity index (χ3v) is 16.1. The molecule has 0 aliphatic carbocycles. The molecule has 6 aromatic heterocycles. The molecule has 0 radical (unpaired) electrons. The van der Waals surface area contributed by atoms with Gasteiger partial charge in [-0.1, -0.05) is 0 Å². The van der Waals surface area contributed by atoms with Crippen molar-refractivity contribution >= 4 is 69.3 Å². The topological polar surface area (TPSA) is 627 Å². The first-order valence-corrected chi connectivity index (χ1v) is 28.4. The number of ether oxygens (including phenoxy) is 4. The van der Waals surface area contributed by atoms with Crippen molar-refractivity contribution in [3.63, 3.8) is 0 Å². The normalized spacial score (nSPS) is 32.3. The third kappa shape index (κ3) is 12.0. The number of nitrogens with two attached hydrogens (primary N) is 4. The van der Waals surface area contributed by atoms with Crippen LogP contribution >= 0.6 is 23.5 Å². The number of aromatic amines is 2. The molecule has 19 atom stereocenters. The van der Waals surface area contributed by atoms with Crippen LogP contribution in [0.2, 0.25) is 0 Å². The number of aliphatic hydroxyl groups is 6. The molecule has 83 heavy (non-hydrogen) atoms. The number of fused-ring (bicyclic) bond motifs is 2. The Hall–Kier alpha value is -6.41. The van der Waals surface area contributed by atoms with Crippen LogP contribution in [0.3, 0.4) is 0 Å². The number of aliphatic hydroxyl groups excluding tert-OH is 6. The Bertz CT molecular complexity index is 3810. The highest BCUT2D eigenvalue weighted by molar-refractivity contribution is 7.48. The Balaban J connectivity index is 0.864. The van der Waals surface area contributed by atoms with Gasteiger partial charge in [-0.05, 0) is 0 Å². The first-order chi connectivity index (χ1) is 39.1. The van der Waals surface area contributed by atoms with Gasteiger partial charge < -0.3 is 87.2 Å². The standard InChI is InChI=1S/C38H49N16O26P3/c39-27-17-29(49-37(63)47-27)53(9-43-17)33-21(60)24(11(5-55)74-33)78-82(67,68)72-8-14-26(23(62)34(77-14)54-10-44-18-28(40)48-38(64)50-30(18)54)80-83(69,70)73-7-13-25(22(61)32(76-13)52-4-2-16(57)46-36(52)42)79-81(65,66)71-6-12-19(58)20(59)31(75-12)51-3-1-15(56)45-35(51)41/h1-4,9-14,19-26,31-34,55,58-62H,5-8H2,(H,65,66)(H,67,68)(H,69,70)(H2,41,45,56)(H2,42,46,57)(H3,39,47,49,63)(H3,40,48,50,64)/t11-,12-,13-,14-,19-,20-,21-,22-,23-,24-,25-,26-,31-,32-,33-,34-/m1/s1. The van der Waals surface area contributed by atoms with Gasteiger partial charge in [-0.15, -0.1) is 0 Å². The Labute approximate surface area is 458 Å². The monoisotopic (exact) mass is 1240 g/mol. The maximum Gasteiger partial charge on any atom is 0.472 e. The smallest absolute Gasteiger partial charge is 0.394 e. The second-order valence-corrected chi connectivity index (χ2v) is 22.7. The lowest BCUT2D eigenvalue weighted by Gasteiger charge is -2.26. The minimum absolute atomic E-state index is 0.0327. The molecule has 452 valence electrons. The van der Waals surface area contributed by atoms with E-state index in [0.29, 0.717) is 0 Å². The van der Waals surface area contributed by atoms with Crippen LogP contribution in [0.25, 0.3) is 22.3 Å². The van der Waals surface area contributed by atoms with Crippen LogP contribution in [-0.2, 0) is 59.8 Å². The molecule has 0 bridgehead atoms. The molecule has 6 aromatic rings. The van der Waals surface area contributed by atoms with Gasteiger partial charge in [-0.25, -0.2) is 33.3 Å². The summed E-state index contributed by atoms with van der Waals surface area (Å²) >= 11 is 0. The van der Waals surface area contributed by atoms with Gasteiger partial charge >= 0.3 is 34.8 Å². The second kappa shape index (κ2) is 22.9. The number of hydrogen-bond acceptors (Lipinski definition) is 33. The van der Waals surface area contributed by atoms with Crippen LogP contribution in [0, 0.1) is 0 Å². The van der Waals surface area contributed by atoms with Gasteiger partial charge in [0, 0.05) is 24.5 Å². The van der Waals surface area contributed by atoms with Crippen molar-refractivity contribution in [3.8, 4) is 0 Å². The molecule has 19 N–H and O–H groups in total. The molecule has 10 heterocycles. The zero-order chi connectivity index (χ0) is 59.8. The van der Waals surface area contributed by atoms with Crippen LogP contribution < -0.4 is 45.4 Å². The van der Waals surface area contributed by atoms with Crippen LogP contribution in [0.5, 0.6) is 0 Å². The molecule has 0 amide bonds. The summed E-state index contributed by atoms with van der Waals surface area (Å²) in [7, 11) is -16.8. The average Bonchev–Trinajstić information content (AvgIpc) is 4.11. The molecule has 3 unspecified atom stereocenters. The summed E-state index contributed by atoms with van der Waals surface area (Å²) < 4.78 is 99.5. The highest BCUT2D eigenvalue weighted by Gasteiger charge is 2.55. The molecule has 45 heteroatoms. The molecule has 4 fully saturated rings. The first-order valence-electron chi connectivity index (χ1n) is 23.9.